The second kappa shape index (κ2) is 20.1. The molecule has 0 saturated carbocycles. The number of piperidine rings is 1. The van der Waals surface area contributed by atoms with Crippen molar-refractivity contribution in [3.05, 3.63) is 54.2 Å². The van der Waals surface area contributed by atoms with Crippen molar-refractivity contribution in [1.82, 2.24) is 14.8 Å². The molecule has 4 rings (SSSR count). The van der Waals surface area contributed by atoms with Gasteiger partial charge in [-0.3, -0.25) is 0 Å². The minimum absolute atomic E-state index is 0.00503. The number of rotatable bonds is 18. The van der Waals surface area contributed by atoms with Crippen LogP contribution in [-0.2, 0) is 35.3 Å². The van der Waals surface area contributed by atoms with Gasteiger partial charge < -0.3 is 44.4 Å². The SMILES string of the molecule is CN1CCC(Nc2cccc3c2cc(C#CCNc2ccc(S(=O)(=O)CCOCCOCCOCCNC(=O)OC(C)(C)C)cc2)n3CC(F)(F)F)CC1. The van der Waals surface area contributed by atoms with Crippen LogP contribution in [0.15, 0.2) is 53.4 Å². The summed E-state index contributed by atoms with van der Waals surface area (Å²) in [7, 11) is -1.52. The van der Waals surface area contributed by atoms with Crippen molar-refractivity contribution in [2.45, 2.75) is 62.9 Å². The number of carbonyl (C=O) groups is 1. The highest BCUT2D eigenvalue weighted by atomic mass is 32.2. The van der Waals surface area contributed by atoms with Crippen LogP contribution >= 0.6 is 0 Å². The number of carbonyl (C=O) groups excluding carboxylic acids is 1. The standard InChI is InChI=1S/C38H52F3N5O7S/c1-37(2,3)53-36(47)43-17-20-50-21-22-51-23-24-52-25-26-54(48,49)32-12-10-29(11-13-32)42-16-6-7-31-27-33-34(44-30-14-18-45(4)19-15-30)8-5-9-35(33)46(31)28-38(39,40)41/h5,8-13,27,30,42,44H,14-26,28H2,1-4H3,(H,43,47). The number of hydrogen-bond acceptors (Lipinski definition) is 10. The first-order valence-corrected chi connectivity index (χ1v) is 19.6. The number of aromatic nitrogens is 1. The Balaban J connectivity index is 1.18. The summed E-state index contributed by atoms with van der Waals surface area (Å²) in [5.74, 6) is 5.61. The third kappa shape index (κ3) is 14.7. The van der Waals surface area contributed by atoms with E-state index in [1.807, 2.05) is 6.07 Å². The first-order valence-electron chi connectivity index (χ1n) is 18.0. The monoisotopic (exact) mass is 779 g/mol. The van der Waals surface area contributed by atoms with Crippen molar-refractivity contribution >= 4 is 38.2 Å². The number of nitrogens with zero attached hydrogens (tertiary/aromatic N) is 2. The van der Waals surface area contributed by atoms with Gasteiger partial charge in [0.2, 0.25) is 0 Å². The summed E-state index contributed by atoms with van der Waals surface area (Å²) in [4.78, 5) is 14.0. The molecule has 0 radical (unpaired) electrons. The van der Waals surface area contributed by atoms with Gasteiger partial charge in [-0.15, -0.1) is 0 Å². The summed E-state index contributed by atoms with van der Waals surface area (Å²) in [6, 6.07) is 13.5. The number of benzene rings is 2. The first-order chi connectivity index (χ1) is 25.6. The fraction of sp³-hybridized carbons (Fsp3) is 0.553. The molecule has 2 heterocycles. The second-order valence-electron chi connectivity index (χ2n) is 14.0. The highest BCUT2D eigenvalue weighted by Gasteiger charge is 2.30. The van der Waals surface area contributed by atoms with Crippen molar-refractivity contribution in [3.63, 3.8) is 0 Å². The Kier molecular flexibility index (Phi) is 15.9. The molecule has 16 heteroatoms. The van der Waals surface area contributed by atoms with E-state index in [0.717, 1.165) is 31.6 Å². The van der Waals surface area contributed by atoms with E-state index < -0.39 is 34.3 Å². The summed E-state index contributed by atoms with van der Waals surface area (Å²) >= 11 is 0. The molecule has 1 amide bonds. The van der Waals surface area contributed by atoms with Crippen molar-refractivity contribution in [3.8, 4) is 11.8 Å². The van der Waals surface area contributed by atoms with Crippen LogP contribution in [0.25, 0.3) is 10.9 Å². The van der Waals surface area contributed by atoms with Gasteiger partial charge in [-0.1, -0.05) is 12.0 Å². The maximum atomic E-state index is 13.6. The van der Waals surface area contributed by atoms with Crippen LogP contribution in [0, 0.1) is 11.8 Å². The van der Waals surface area contributed by atoms with Gasteiger partial charge >= 0.3 is 12.3 Å². The smallest absolute Gasteiger partial charge is 0.407 e. The normalized spacial score (nSPS) is 14.4. The van der Waals surface area contributed by atoms with Gasteiger partial charge in [0.1, 0.15) is 12.1 Å². The number of ether oxygens (including phenoxy) is 4. The Morgan fingerprint density at radius 3 is 2.22 bits per heavy atom. The van der Waals surface area contributed by atoms with Crippen LogP contribution in [0.4, 0.5) is 29.3 Å². The molecule has 0 spiro atoms. The molecule has 0 unspecified atom stereocenters. The number of anilines is 2. The molecule has 1 aromatic heterocycles. The summed E-state index contributed by atoms with van der Waals surface area (Å²) in [6.07, 6.45) is -3.03. The van der Waals surface area contributed by atoms with Crippen LogP contribution in [0.1, 0.15) is 39.3 Å². The van der Waals surface area contributed by atoms with Gasteiger partial charge in [-0.05, 0) is 102 Å². The van der Waals surface area contributed by atoms with E-state index >= 15 is 0 Å². The molecule has 3 aromatic rings. The molecule has 1 saturated heterocycles. The third-order valence-corrected chi connectivity index (χ3v) is 10.0. The molecule has 0 atom stereocenters. The molecule has 1 aliphatic rings. The number of fused-ring (bicyclic) bond motifs is 1. The number of sulfone groups is 1. The van der Waals surface area contributed by atoms with Gasteiger partial charge in [0.05, 0.1) is 68.0 Å². The molecule has 12 nitrogen and oxygen atoms in total. The number of alkyl carbamates (subject to hydrolysis) is 1. The Morgan fingerprint density at radius 1 is 0.926 bits per heavy atom. The zero-order chi connectivity index (χ0) is 39.2. The van der Waals surface area contributed by atoms with Gasteiger partial charge in [0, 0.05) is 29.3 Å². The van der Waals surface area contributed by atoms with E-state index in [2.05, 4.69) is 39.7 Å². The molecule has 0 bridgehead atoms. The highest BCUT2D eigenvalue weighted by Crippen LogP contribution is 2.31. The number of nitrogens with one attached hydrogen (secondary N) is 3. The minimum Gasteiger partial charge on any atom is -0.444 e. The lowest BCUT2D eigenvalue weighted by molar-refractivity contribution is -0.140. The molecule has 1 fully saturated rings. The molecular weight excluding hydrogens is 728 g/mol. The Hall–Kier alpha value is -4.01. The van der Waals surface area contributed by atoms with Crippen LogP contribution < -0.4 is 16.0 Å². The van der Waals surface area contributed by atoms with Crippen molar-refractivity contribution < 1.29 is 45.3 Å². The minimum atomic E-state index is -4.43. The Labute approximate surface area is 315 Å². The Morgan fingerprint density at radius 2 is 1.57 bits per heavy atom. The Bertz CT molecular complexity index is 1810. The summed E-state index contributed by atoms with van der Waals surface area (Å²) in [5.41, 5.74) is 1.56. The average Bonchev–Trinajstić information content (AvgIpc) is 3.44. The highest BCUT2D eigenvalue weighted by molar-refractivity contribution is 7.91. The summed E-state index contributed by atoms with van der Waals surface area (Å²) < 4.78 is 89.0. The molecule has 0 aliphatic carbocycles. The van der Waals surface area contributed by atoms with Gasteiger partial charge in [0.15, 0.2) is 9.84 Å². The number of hydrogen-bond donors (Lipinski definition) is 3. The maximum Gasteiger partial charge on any atom is 0.407 e. The lowest BCUT2D eigenvalue weighted by atomic mass is 10.0. The fourth-order valence-corrected chi connectivity index (χ4v) is 6.79. The molecular formula is C38H52F3N5O7S. The predicted octanol–water partition coefficient (Wildman–Crippen LogP) is 5.52. The van der Waals surface area contributed by atoms with Crippen molar-refractivity contribution in [1.29, 1.82) is 0 Å². The second-order valence-corrected chi connectivity index (χ2v) is 16.1. The van der Waals surface area contributed by atoms with Crippen molar-refractivity contribution in [2.24, 2.45) is 0 Å². The fourth-order valence-electron chi connectivity index (χ4n) is 5.67. The van der Waals surface area contributed by atoms with Crippen LogP contribution in [0.2, 0.25) is 0 Å². The maximum absolute atomic E-state index is 13.6. The molecule has 54 heavy (non-hydrogen) atoms. The largest absolute Gasteiger partial charge is 0.444 e. The number of alkyl halides is 3. The predicted molar refractivity (Wildman–Crippen MR) is 203 cm³/mol. The van der Waals surface area contributed by atoms with Gasteiger partial charge in [-0.2, -0.15) is 13.2 Å². The molecule has 298 valence electrons. The number of halogens is 3. The van der Waals surface area contributed by atoms with E-state index in [4.69, 9.17) is 18.9 Å². The van der Waals surface area contributed by atoms with E-state index in [0.29, 0.717) is 43.0 Å². The van der Waals surface area contributed by atoms with Crippen LogP contribution in [0.3, 0.4) is 0 Å². The number of amides is 1. The zero-order valence-electron chi connectivity index (χ0n) is 31.4. The summed E-state index contributed by atoms with van der Waals surface area (Å²) in [6.45, 7) is 7.97. The lowest BCUT2D eigenvalue weighted by Gasteiger charge is -2.30. The van der Waals surface area contributed by atoms with Gasteiger partial charge in [-0.25, -0.2) is 13.2 Å². The number of likely N-dealkylation sites (tertiary alicyclic amines) is 1. The van der Waals surface area contributed by atoms with E-state index in [9.17, 15) is 26.4 Å². The van der Waals surface area contributed by atoms with E-state index in [1.54, 1.807) is 51.1 Å². The molecule has 2 aromatic carbocycles. The van der Waals surface area contributed by atoms with E-state index in [-0.39, 0.29) is 48.7 Å². The van der Waals surface area contributed by atoms with Crippen LogP contribution in [-0.4, -0.2) is 120 Å². The van der Waals surface area contributed by atoms with E-state index in [1.165, 1.54) is 16.7 Å². The molecule has 1 aliphatic heterocycles. The summed E-state index contributed by atoms with van der Waals surface area (Å²) in [5, 5.41) is 9.90. The average molecular weight is 780 g/mol. The quantitative estimate of drug-likeness (QED) is 0.112. The topological polar surface area (TPSA) is 132 Å². The van der Waals surface area contributed by atoms with Crippen molar-refractivity contribution in [2.75, 3.05) is 89.3 Å². The van der Waals surface area contributed by atoms with Gasteiger partial charge in [0.25, 0.3) is 0 Å². The third-order valence-electron chi connectivity index (χ3n) is 8.33. The molecule has 3 N–H and O–H groups in total. The lowest BCUT2D eigenvalue weighted by Crippen LogP contribution is -2.36. The zero-order valence-corrected chi connectivity index (χ0v) is 32.2. The van der Waals surface area contributed by atoms with Crippen LogP contribution in [0.5, 0.6) is 0 Å². The first kappa shape index (κ1) is 42.7.